The molecule has 0 unspecified atom stereocenters. The quantitative estimate of drug-likeness (QED) is 0.827. The molecule has 1 aromatic rings. The number of hydrogen-bond donors (Lipinski definition) is 2. The molecule has 0 aliphatic carbocycles. The van der Waals surface area contributed by atoms with Gasteiger partial charge in [-0.1, -0.05) is 11.6 Å². The monoisotopic (exact) mass is 228 g/mol. The van der Waals surface area contributed by atoms with Crippen LogP contribution in [0.2, 0.25) is 5.02 Å². The number of amides is 1. The molecule has 0 radical (unpaired) electrons. The predicted molar refractivity (Wildman–Crippen MR) is 60.3 cm³/mol. The highest BCUT2D eigenvalue weighted by Crippen LogP contribution is 2.27. The first-order valence-electron chi connectivity index (χ1n) is 4.44. The molecule has 1 amide bonds. The smallest absolute Gasteiger partial charge is 0.241 e. The number of rotatable bonds is 3. The summed E-state index contributed by atoms with van der Waals surface area (Å²) < 4.78 is 5.01. The molecular formula is C10H13ClN2O2. The second kappa shape index (κ2) is 5.00. The minimum Gasteiger partial charge on any atom is -0.495 e. The summed E-state index contributed by atoms with van der Waals surface area (Å²) >= 11 is 5.83. The van der Waals surface area contributed by atoms with E-state index in [9.17, 15) is 4.79 Å². The van der Waals surface area contributed by atoms with E-state index in [1.807, 2.05) is 0 Å². The molecule has 82 valence electrons. The Bertz CT molecular complexity index is 366. The van der Waals surface area contributed by atoms with Crippen molar-refractivity contribution in [1.82, 2.24) is 0 Å². The van der Waals surface area contributed by atoms with Crippen LogP contribution in [-0.4, -0.2) is 19.1 Å². The number of hydrogen-bond acceptors (Lipinski definition) is 3. The third-order valence-electron chi connectivity index (χ3n) is 1.83. The fraction of sp³-hybridized carbons (Fsp3) is 0.300. The molecule has 0 aliphatic rings. The number of anilines is 1. The van der Waals surface area contributed by atoms with Gasteiger partial charge in [-0.3, -0.25) is 4.79 Å². The number of carbonyl (C=O) groups is 1. The lowest BCUT2D eigenvalue weighted by molar-refractivity contribution is -0.117. The molecule has 15 heavy (non-hydrogen) atoms. The Labute approximate surface area is 93.4 Å². The van der Waals surface area contributed by atoms with Gasteiger partial charge in [0, 0.05) is 11.8 Å². The summed E-state index contributed by atoms with van der Waals surface area (Å²) in [5.74, 6) is 0.263. The van der Waals surface area contributed by atoms with Gasteiger partial charge in [0.05, 0.1) is 18.2 Å². The Hall–Kier alpha value is -1.26. The third kappa shape index (κ3) is 3.11. The maximum Gasteiger partial charge on any atom is 0.241 e. The molecular weight excluding hydrogens is 216 g/mol. The second-order valence-electron chi connectivity index (χ2n) is 3.13. The van der Waals surface area contributed by atoms with Crippen LogP contribution in [0.4, 0.5) is 5.69 Å². The largest absolute Gasteiger partial charge is 0.495 e. The summed E-state index contributed by atoms with van der Waals surface area (Å²) in [5.41, 5.74) is 6.02. The van der Waals surface area contributed by atoms with E-state index in [1.54, 1.807) is 25.1 Å². The first-order chi connectivity index (χ1) is 7.04. The summed E-state index contributed by atoms with van der Waals surface area (Å²) in [6.45, 7) is 1.61. The van der Waals surface area contributed by atoms with E-state index in [0.29, 0.717) is 16.5 Å². The first kappa shape index (κ1) is 11.8. The van der Waals surface area contributed by atoms with E-state index >= 15 is 0 Å². The average molecular weight is 229 g/mol. The number of halogens is 1. The van der Waals surface area contributed by atoms with Gasteiger partial charge < -0.3 is 15.8 Å². The van der Waals surface area contributed by atoms with Gasteiger partial charge in [0.2, 0.25) is 5.91 Å². The van der Waals surface area contributed by atoms with Gasteiger partial charge in [-0.2, -0.15) is 0 Å². The van der Waals surface area contributed by atoms with E-state index in [0.717, 1.165) is 0 Å². The number of benzene rings is 1. The number of nitrogens with two attached hydrogens (primary N) is 1. The lowest BCUT2D eigenvalue weighted by atomic mass is 10.2. The number of methoxy groups -OCH3 is 1. The number of nitrogens with one attached hydrogen (secondary N) is 1. The van der Waals surface area contributed by atoms with Crippen molar-refractivity contribution >= 4 is 23.2 Å². The molecule has 5 heteroatoms. The molecule has 0 bridgehead atoms. The molecule has 0 spiro atoms. The van der Waals surface area contributed by atoms with Crippen molar-refractivity contribution in [3.8, 4) is 5.75 Å². The third-order valence-corrected chi connectivity index (χ3v) is 2.14. The lowest BCUT2D eigenvalue weighted by Crippen LogP contribution is -2.32. The highest BCUT2D eigenvalue weighted by atomic mass is 35.5. The molecule has 0 aromatic heterocycles. The van der Waals surface area contributed by atoms with Crippen molar-refractivity contribution in [2.45, 2.75) is 13.0 Å². The SMILES string of the molecule is COc1cc(NC(=O)[C@H](C)N)ccc1Cl. The summed E-state index contributed by atoms with van der Waals surface area (Å²) in [6, 6.07) is 4.43. The molecule has 0 saturated carbocycles. The van der Waals surface area contributed by atoms with Crippen molar-refractivity contribution in [2.24, 2.45) is 5.73 Å². The van der Waals surface area contributed by atoms with Crippen molar-refractivity contribution < 1.29 is 9.53 Å². The lowest BCUT2D eigenvalue weighted by Gasteiger charge is -2.09. The van der Waals surface area contributed by atoms with Gasteiger partial charge in [-0.15, -0.1) is 0 Å². The van der Waals surface area contributed by atoms with Crippen LogP contribution >= 0.6 is 11.6 Å². The molecule has 1 atom stereocenters. The molecule has 0 heterocycles. The van der Waals surface area contributed by atoms with Crippen LogP contribution < -0.4 is 15.8 Å². The maximum atomic E-state index is 11.3. The van der Waals surface area contributed by atoms with Crippen LogP contribution in [0.3, 0.4) is 0 Å². The van der Waals surface area contributed by atoms with Gasteiger partial charge in [0.1, 0.15) is 5.75 Å². The maximum absolute atomic E-state index is 11.3. The van der Waals surface area contributed by atoms with Gasteiger partial charge in [0.25, 0.3) is 0 Å². The summed E-state index contributed by atoms with van der Waals surface area (Å²) in [5, 5.41) is 3.14. The van der Waals surface area contributed by atoms with E-state index in [-0.39, 0.29) is 5.91 Å². The molecule has 4 nitrogen and oxygen atoms in total. The topological polar surface area (TPSA) is 64.3 Å². The molecule has 0 aliphatic heterocycles. The van der Waals surface area contributed by atoms with Crippen LogP contribution in [-0.2, 0) is 4.79 Å². The van der Waals surface area contributed by atoms with E-state index in [2.05, 4.69) is 5.32 Å². The van der Waals surface area contributed by atoms with Gasteiger partial charge >= 0.3 is 0 Å². The molecule has 1 rings (SSSR count). The van der Waals surface area contributed by atoms with Crippen LogP contribution in [0.5, 0.6) is 5.75 Å². The molecule has 0 saturated heterocycles. The Kier molecular flexibility index (Phi) is 3.94. The zero-order chi connectivity index (χ0) is 11.4. The fourth-order valence-electron chi connectivity index (χ4n) is 0.994. The van der Waals surface area contributed by atoms with Crippen LogP contribution in [0.25, 0.3) is 0 Å². The van der Waals surface area contributed by atoms with Crippen molar-refractivity contribution in [1.29, 1.82) is 0 Å². The second-order valence-corrected chi connectivity index (χ2v) is 3.53. The Morgan fingerprint density at radius 1 is 1.60 bits per heavy atom. The first-order valence-corrected chi connectivity index (χ1v) is 4.82. The molecule has 0 fully saturated rings. The minimum atomic E-state index is -0.549. The molecule has 1 aromatic carbocycles. The summed E-state index contributed by atoms with van der Waals surface area (Å²) in [4.78, 5) is 11.3. The molecule has 3 N–H and O–H groups in total. The van der Waals surface area contributed by atoms with Crippen molar-refractivity contribution in [3.63, 3.8) is 0 Å². The Morgan fingerprint density at radius 3 is 2.80 bits per heavy atom. The zero-order valence-corrected chi connectivity index (χ0v) is 9.34. The summed E-state index contributed by atoms with van der Waals surface area (Å²) in [6.07, 6.45) is 0. The van der Waals surface area contributed by atoms with Crippen LogP contribution in [0.1, 0.15) is 6.92 Å². The van der Waals surface area contributed by atoms with Gasteiger partial charge in [-0.25, -0.2) is 0 Å². The van der Waals surface area contributed by atoms with Crippen LogP contribution in [0, 0.1) is 0 Å². The fourth-order valence-corrected chi connectivity index (χ4v) is 1.19. The van der Waals surface area contributed by atoms with Gasteiger partial charge in [-0.05, 0) is 19.1 Å². The highest BCUT2D eigenvalue weighted by molar-refractivity contribution is 6.32. The Balaban J connectivity index is 2.83. The Morgan fingerprint density at radius 2 is 2.27 bits per heavy atom. The highest BCUT2D eigenvalue weighted by Gasteiger charge is 2.08. The summed E-state index contributed by atoms with van der Waals surface area (Å²) in [7, 11) is 1.51. The predicted octanol–water partition coefficient (Wildman–Crippen LogP) is 1.63. The van der Waals surface area contributed by atoms with Crippen molar-refractivity contribution in [2.75, 3.05) is 12.4 Å². The normalized spacial score (nSPS) is 12.0. The van der Waals surface area contributed by atoms with E-state index in [1.165, 1.54) is 7.11 Å². The number of ether oxygens (including phenoxy) is 1. The van der Waals surface area contributed by atoms with Gasteiger partial charge in [0.15, 0.2) is 0 Å². The minimum absolute atomic E-state index is 0.251. The van der Waals surface area contributed by atoms with E-state index in [4.69, 9.17) is 22.1 Å². The number of carbonyl (C=O) groups excluding carboxylic acids is 1. The zero-order valence-electron chi connectivity index (χ0n) is 8.58. The standard InChI is InChI=1S/C10H13ClN2O2/c1-6(12)10(14)13-7-3-4-8(11)9(5-7)15-2/h3-6H,12H2,1-2H3,(H,13,14)/t6-/m0/s1. The van der Waals surface area contributed by atoms with Crippen molar-refractivity contribution in [3.05, 3.63) is 23.2 Å². The average Bonchev–Trinajstić information content (AvgIpc) is 2.20. The van der Waals surface area contributed by atoms with Crippen LogP contribution in [0.15, 0.2) is 18.2 Å². The van der Waals surface area contributed by atoms with E-state index < -0.39 is 6.04 Å².